The van der Waals surface area contributed by atoms with Gasteiger partial charge in [0.05, 0.1) is 5.54 Å². The second-order valence-electron chi connectivity index (χ2n) is 5.88. The van der Waals surface area contributed by atoms with Crippen LogP contribution in [0.2, 0.25) is 0 Å². The molecule has 1 atom stereocenters. The zero-order valence-electron chi connectivity index (χ0n) is 12.0. The predicted molar refractivity (Wildman–Crippen MR) is 77.8 cm³/mol. The third-order valence-electron chi connectivity index (χ3n) is 4.21. The van der Waals surface area contributed by atoms with Crippen LogP contribution in [0.3, 0.4) is 0 Å². The number of benzene rings is 1. The molecule has 1 aromatic rings. The van der Waals surface area contributed by atoms with Crippen LogP contribution in [0.1, 0.15) is 50.5 Å². The maximum atomic E-state index is 12.9. The molecule has 1 aromatic carbocycles. The quantitative estimate of drug-likeness (QED) is 0.889. The molecule has 0 aromatic heterocycles. The van der Waals surface area contributed by atoms with Gasteiger partial charge in [-0.25, -0.2) is 4.39 Å². The van der Waals surface area contributed by atoms with Crippen molar-refractivity contribution < 1.29 is 9.18 Å². The highest BCUT2D eigenvalue weighted by Crippen LogP contribution is 2.26. The number of hydrogen-bond acceptors (Lipinski definition) is 2. The number of nitrogens with one attached hydrogen (secondary N) is 1. The summed E-state index contributed by atoms with van der Waals surface area (Å²) in [6, 6.07) is 6.40. The monoisotopic (exact) mass is 278 g/mol. The summed E-state index contributed by atoms with van der Waals surface area (Å²) < 4.78 is 12.9. The van der Waals surface area contributed by atoms with E-state index in [1.165, 1.54) is 12.1 Å². The summed E-state index contributed by atoms with van der Waals surface area (Å²) in [4.78, 5) is 12.2. The van der Waals surface area contributed by atoms with E-state index >= 15 is 0 Å². The van der Waals surface area contributed by atoms with Crippen LogP contribution >= 0.6 is 0 Å². The highest BCUT2D eigenvalue weighted by atomic mass is 19.1. The number of carbonyl (C=O) groups excluding carboxylic acids is 1. The Morgan fingerprint density at radius 3 is 2.50 bits per heavy atom. The second kappa shape index (κ2) is 6.35. The van der Waals surface area contributed by atoms with E-state index in [0.717, 1.165) is 37.7 Å². The Morgan fingerprint density at radius 2 is 1.90 bits per heavy atom. The summed E-state index contributed by atoms with van der Waals surface area (Å²) in [5, 5.41) is 2.95. The molecule has 2 rings (SSSR count). The molecule has 0 bridgehead atoms. The molecule has 0 aliphatic heterocycles. The molecule has 110 valence electrons. The maximum absolute atomic E-state index is 12.9. The summed E-state index contributed by atoms with van der Waals surface area (Å²) in [5.74, 6) is -0.147. The third kappa shape index (κ3) is 3.57. The van der Waals surface area contributed by atoms with Crippen molar-refractivity contribution in [2.24, 2.45) is 5.73 Å². The van der Waals surface area contributed by atoms with Crippen molar-refractivity contribution in [2.45, 2.75) is 50.5 Å². The van der Waals surface area contributed by atoms with Crippen molar-refractivity contribution >= 4 is 5.91 Å². The molecule has 4 heteroatoms. The highest BCUT2D eigenvalue weighted by molar-refractivity contribution is 5.86. The lowest BCUT2D eigenvalue weighted by atomic mass is 9.82. The molecule has 3 N–H and O–H groups in total. The van der Waals surface area contributed by atoms with Gasteiger partial charge in [-0.2, -0.15) is 0 Å². The molecule has 1 amide bonds. The lowest BCUT2D eigenvalue weighted by molar-refractivity contribution is -0.127. The minimum atomic E-state index is -0.694. The number of amides is 1. The van der Waals surface area contributed by atoms with Gasteiger partial charge in [0.15, 0.2) is 0 Å². The Bertz CT molecular complexity index is 452. The van der Waals surface area contributed by atoms with Crippen molar-refractivity contribution in [3.05, 3.63) is 35.6 Å². The number of carbonyl (C=O) groups is 1. The van der Waals surface area contributed by atoms with E-state index in [2.05, 4.69) is 5.32 Å². The molecule has 3 nitrogen and oxygen atoms in total. The van der Waals surface area contributed by atoms with E-state index in [9.17, 15) is 9.18 Å². The molecular weight excluding hydrogens is 255 g/mol. The minimum absolute atomic E-state index is 0.0499. The number of hydrogen-bond donors (Lipinski definition) is 2. The van der Waals surface area contributed by atoms with Crippen LogP contribution in [0.15, 0.2) is 24.3 Å². The van der Waals surface area contributed by atoms with Gasteiger partial charge in [0.2, 0.25) is 5.91 Å². The molecule has 1 fully saturated rings. The van der Waals surface area contributed by atoms with Crippen LogP contribution in [-0.4, -0.2) is 18.0 Å². The molecule has 1 aliphatic carbocycles. The smallest absolute Gasteiger partial charge is 0.240 e. The van der Waals surface area contributed by atoms with Gasteiger partial charge in [0.1, 0.15) is 5.82 Å². The Kier molecular flexibility index (Phi) is 4.76. The zero-order chi connectivity index (χ0) is 14.6. The molecule has 1 saturated carbocycles. The lowest BCUT2D eigenvalue weighted by Gasteiger charge is -2.32. The fourth-order valence-corrected chi connectivity index (χ4v) is 2.74. The molecular formula is C16H23FN2O. The maximum Gasteiger partial charge on any atom is 0.240 e. The minimum Gasteiger partial charge on any atom is -0.354 e. The van der Waals surface area contributed by atoms with Gasteiger partial charge in [-0.05, 0) is 36.5 Å². The van der Waals surface area contributed by atoms with Gasteiger partial charge in [0, 0.05) is 6.54 Å². The first-order valence-corrected chi connectivity index (χ1v) is 7.34. The highest BCUT2D eigenvalue weighted by Gasteiger charge is 2.35. The van der Waals surface area contributed by atoms with Crippen molar-refractivity contribution in [1.29, 1.82) is 0 Å². The Hall–Kier alpha value is -1.42. The molecule has 0 radical (unpaired) electrons. The van der Waals surface area contributed by atoms with Crippen LogP contribution in [0.4, 0.5) is 4.39 Å². The van der Waals surface area contributed by atoms with Crippen LogP contribution < -0.4 is 11.1 Å². The summed E-state index contributed by atoms with van der Waals surface area (Å²) >= 11 is 0. The average Bonchev–Trinajstić information content (AvgIpc) is 2.46. The van der Waals surface area contributed by atoms with Gasteiger partial charge >= 0.3 is 0 Å². The van der Waals surface area contributed by atoms with Gasteiger partial charge in [-0.3, -0.25) is 4.79 Å². The summed E-state index contributed by atoms with van der Waals surface area (Å²) in [7, 11) is 0. The topological polar surface area (TPSA) is 55.1 Å². The van der Waals surface area contributed by atoms with Crippen LogP contribution in [0.5, 0.6) is 0 Å². The van der Waals surface area contributed by atoms with Gasteiger partial charge in [-0.1, -0.05) is 38.3 Å². The first-order chi connectivity index (χ1) is 9.51. The molecule has 0 heterocycles. The summed E-state index contributed by atoms with van der Waals surface area (Å²) in [5.41, 5.74) is 6.51. The Morgan fingerprint density at radius 1 is 1.30 bits per heavy atom. The summed E-state index contributed by atoms with van der Waals surface area (Å²) in [6.07, 6.45) is 4.75. The fourth-order valence-electron chi connectivity index (χ4n) is 2.74. The van der Waals surface area contributed by atoms with Gasteiger partial charge in [0.25, 0.3) is 0 Å². The van der Waals surface area contributed by atoms with Crippen molar-refractivity contribution in [3.8, 4) is 0 Å². The van der Waals surface area contributed by atoms with Gasteiger partial charge in [-0.15, -0.1) is 0 Å². The normalized spacial score (nSPS) is 19.4. The van der Waals surface area contributed by atoms with E-state index < -0.39 is 5.54 Å². The van der Waals surface area contributed by atoms with Crippen LogP contribution in [0.25, 0.3) is 0 Å². The molecule has 1 unspecified atom stereocenters. The van der Waals surface area contributed by atoms with E-state index in [0.29, 0.717) is 6.54 Å². The molecule has 1 aliphatic rings. The first kappa shape index (κ1) is 15.0. The standard InChI is InChI=1S/C16H23FN2O/c1-12(13-5-7-14(17)8-6-13)11-19-15(20)16(18)9-3-2-4-10-16/h5-8,12H,2-4,9-11,18H2,1H3,(H,19,20). The van der Waals surface area contributed by atoms with E-state index in [1.807, 2.05) is 6.92 Å². The Labute approximate surface area is 119 Å². The number of halogens is 1. The Balaban J connectivity index is 1.88. The zero-order valence-corrected chi connectivity index (χ0v) is 12.0. The fraction of sp³-hybridized carbons (Fsp3) is 0.562. The predicted octanol–water partition coefficient (Wildman–Crippen LogP) is 2.71. The van der Waals surface area contributed by atoms with Crippen molar-refractivity contribution in [1.82, 2.24) is 5.32 Å². The van der Waals surface area contributed by atoms with E-state index in [-0.39, 0.29) is 17.6 Å². The molecule has 0 spiro atoms. The van der Waals surface area contributed by atoms with Crippen molar-refractivity contribution in [2.75, 3.05) is 6.54 Å². The second-order valence-corrected chi connectivity index (χ2v) is 5.88. The van der Waals surface area contributed by atoms with Crippen LogP contribution in [-0.2, 0) is 4.79 Å². The lowest BCUT2D eigenvalue weighted by Crippen LogP contribution is -2.55. The van der Waals surface area contributed by atoms with Crippen molar-refractivity contribution in [3.63, 3.8) is 0 Å². The number of rotatable bonds is 4. The SMILES string of the molecule is CC(CNC(=O)C1(N)CCCCC1)c1ccc(F)cc1. The first-order valence-electron chi connectivity index (χ1n) is 7.34. The number of nitrogens with two attached hydrogens (primary N) is 1. The molecule has 0 saturated heterocycles. The summed E-state index contributed by atoms with van der Waals surface area (Å²) in [6.45, 7) is 2.54. The van der Waals surface area contributed by atoms with E-state index in [1.54, 1.807) is 12.1 Å². The largest absolute Gasteiger partial charge is 0.354 e. The van der Waals surface area contributed by atoms with Gasteiger partial charge < -0.3 is 11.1 Å². The average molecular weight is 278 g/mol. The molecule has 20 heavy (non-hydrogen) atoms. The van der Waals surface area contributed by atoms with Crippen LogP contribution in [0, 0.1) is 5.82 Å². The van der Waals surface area contributed by atoms with E-state index in [4.69, 9.17) is 5.73 Å². The third-order valence-corrected chi connectivity index (χ3v) is 4.21.